The molecule has 0 N–H and O–H groups in total. The molecule has 1 aliphatic heterocycles. The number of ether oxygens (including phenoxy) is 1. The molecule has 0 bridgehead atoms. The number of nitrogens with zero attached hydrogens (tertiary/aromatic N) is 2. The molecule has 5 fully saturated rings. The van der Waals surface area contributed by atoms with Gasteiger partial charge in [-0.3, -0.25) is 14.5 Å². The molecule has 4 saturated carbocycles. The van der Waals surface area contributed by atoms with E-state index in [0.717, 1.165) is 84.3 Å². The number of carbonyl (C=O) groups is 2. The van der Waals surface area contributed by atoms with Crippen molar-refractivity contribution in [3.8, 4) is 0 Å². The molecule has 0 aromatic rings. The molecule has 0 amide bonds. The van der Waals surface area contributed by atoms with Crippen LogP contribution in [0.3, 0.4) is 0 Å². The maximum atomic E-state index is 13.4. The van der Waals surface area contributed by atoms with Crippen LogP contribution in [-0.2, 0) is 14.3 Å². The molecule has 1 saturated heterocycles. The molecular formula is C26H42N2O3. The fraction of sp³-hybridized carbons (Fsp3) is 0.923. The molecule has 5 rings (SSSR count). The van der Waals surface area contributed by atoms with Crippen LogP contribution in [0.15, 0.2) is 0 Å². The predicted molar refractivity (Wildman–Crippen MR) is 121 cm³/mol. The van der Waals surface area contributed by atoms with Crippen molar-refractivity contribution in [1.29, 1.82) is 0 Å². The van der Waals surface area contributed by atoms with E-state index in [1.54, 1.807) is 0 Å². The first-order valence-electron chi connectivity index (χ1n) is 12.9. The number of ketones is 2. The van der Waals surface area contributed by atoms with Crippen LogP contribution in [0.4, 0.5) is 0 Å². The van der Waals surface area contributed by atoms with Crippen molar-refractivity contribution < 1.29 is 14.3 Å². The summed E-state index contributed by atoms with van der Waals surface area (Å²) < 4.78 is 6.34. The van der Waals surface area contributed by atoms with E-state index in [9.17, 15) is 9.59 Å². The Morgan fingerprint density at radius 1 is 1.00 bits per heavy atom. The minimum atomic E-state index is -0.145. The number of rotatable bonds is 4. The zero-order valence-corrected chi connectivity index (χ0v) is 19.9. The van der Waals surface area contributed by atoms with Crippen molar-refractivity contribution in [3.05, 3.63) is 0 Å². The standard InChI is InChI=1S/C26H42N2O3/c1-25-8-6-18(31-15-14-28-12-10-27(3)11-13-28)16-22(25)23(29)17-19-20-4-5-24(30)26(20,2)9-7-21(19)25/h18-22H,4-17H2,1-3H3/t18?,19-,20-,21+,22?,25+,26-/m0/s1. The highest BCUT2D eigenvalue weighted by atomic mass is 16.5. The third-order valence-corrected chi connectivity index (χ3v) is 10.5. The molecule has 0 aromatic carbocycles. The quantitative estimate of drug-likeness (QED) is 0.684. The molecule has 5 aliphatic rings. The van der Waals surface area contributed by atoms with Gasteiger partial charge in [-0.2, -0.15) is 0 Å². The third kappa shape index (κ3) is 3.73. The molecule has 0 radical (unpaired) electrons. The third-order valence-electron chi connectivity index (χ3n) is 10.5. The highest BCUT2D eigenvalue weighted by Crippen LogP contribution is 2.64. The van der Waals surface area contributed by atoms with Gasteiger partial charge in [0.05, 0.1) is 12.7 Å². The van der Waals surface area contributed by atoms with E-state index in [1.165, 1.54) is 0 Å². The highest BCUT2D eigenvalue weighted by molar-refractivity contribution is 5.88. The van der Waals surface area contributed by atoms with Gasteiger partial charge in [0.15, 0.2) is 0 Å². The summed E-state index contributed by atoms with van der Waals surface area (Å²) in [6.07, 6.45) is 8.01. The number of hydrogen-bond acceptors (Lipinski definition) is 5. The lowest BCUT2D eigenvalue weighted by atomic mass is 9.45. The molecule has 2 unspecified atom stereocenters. The Balaban J connectivity index is 1.20. The molecule has 7 atom stereocenters. The van der Waals surface area contributed by atoms with E-state index >= 15 is 0 Å². The first-order valence-corrected chi connectivity index (χ1v) is 12.9. The van der Waals surface area contributed by atoms with Crippen molar-refractivity contribution in [2.75, 3.05) is 46.4 Å². The lowest BCUT2D eigenvalue weighted by molar-refractivity contribution is -0.163. The molecule has 1 heterocycles. The summed E-state index contributed by atoms with van der Waals surface area (Å²) in [7, 11) is 2.19. The highest BCUT2D eigenvalue weighted by Gasteiger charge is 2.62. The van der Waals surface area contributed by atoms with Crippen LogP contribution in [0.2, 0.25) is 0 Å². The fourth-order valence-corrected chi connectivity index (χ4v) is 8.35. The Labute approximate surface area is 188 Å². The van der Waals surface area contributed by atoms with Gasteiger partial charge in [0, 0.05) is 56.9 Å². The van der Waals surface area contributed by atoms with Crippen LogP contribution >= 0.6 is 0 Å². The summed E-state index contributed by atoms with van der Waals surface area (Å²) in [6, 6.07) is 0. The summed E-state index contributed by atoms with van der Waals surface area (Å²) in [5.41, 5.74) is -0.0293. The lowest BCUT2D eigenvalue weighted by Gasteiger charge is -2.59. The molecule has 31 heavy (non-hydrogen) atoms. The molecule has 4 aliphatic carbocycles. The summed E-state index contributed by atoms with van der Waals surface area (Å²) in [5, 5.41) is 0. The van der Waals surface area contributed by atoms with E-state index in [1.807, 2.05) is 0 Å². The maximum absolute atomic E-state index is 13.4. The van der Waals surface area contributed by atoms with Gasteiger partial charge in [-0.05, 0) is 68.7 Å². The van der Waals surface area contributed by atoms with Crippen LogP contribution in [0.5, 0.6) is 0 Å². The second-order valence-corrected chi connectivity index (χ2v) is 11.9. The van der Waals surface area contributed by atoms with Crippen molar-refractivity contribution in [3.63, 3.8) is 0 Å². The Bertz CT molecular complexity index is 717. The zero-order valence-electron chi connectivity index (χ0n) is 19.9. The van der Waals surface area contributed by atoms with E-state index in [4.69, 9.17) is 4.74 Å². The lowest BCUT2D eigenvalue weighted by Crippen LogP contribution is -2.57. The number of hydrogen-bond donors (Lipinski definition) is 0. The van der Waals surface area contributed by atoms with E-state index in [0.29, 0.717) is 35.7 Å². The number of piperazine rings is 1. The maximum Gasteiger partial charge on any atom is 0.139 e. The summed E-state index contributed by atoms with van der Waals surface area (Å²) in [6.45, 7) is 11.0. The minimum absolute atomic E-state index is 0.115. The largest absolute Gasteiger partial charge is 0.377 e. The SMILES string of the molecule is CN1CCN(CCOC2CC[C@@]3(C)C(C2)C(=O)C[C@@H]2[C@H]3CC[C@]3(C)C(=O)CC[C@@H]23)CC1. The first kappa shape index (κ1) is 22.0. The average molecular weight is 431 g/mol. The Morgan fingerprint density at radius 2 is 1.77 bits per heavy atom. The van der Waals surface area contributed by atoms with Gasteiger partial charge in [-0.15, -0.1) is 0 Å². The fourth-order valence-electron chi connectivity index (χ4n) is 8.35. The van der Waals surface area contributed by atoms with Crippen LogP contribution in [0.25, 0.3) is 0 Å². The summed E-state index contributed by atoms with van der Waals surface area (Å²) >= 11 is 0. The van der Waals surface area contributed by atoms with E-state index in [-0.39, 0.29) is 22.9 Å². The summed E-state index contributed by atoms with van der Waals surface area (Å²) in [4.78, 5) is 30.9. The van der Waals surface area contributed by atoms with Crippen LogP contribution in [0.1, 0.15) is 65.2 Å². The molecule has 0 spiro atoms. The first-order chi connectivity index (χ1) is 14.8. The molecule has 0 aromatic heterocycles. The van der Waals surface area contributed by atoms with Gasteiger partial charge < -0.3 is 9.64 Å². The Hall–Kier alpha value is -0.780. The monoisotopic (exact) mass is 430 g/mol. The van der Waals surface area contributed by atoms with Gasteiger partial charge >= 0.3 is 0 Å². The topological polar surface area (TPSA) is 49.9 Å². The predicted octanol–water partition coefficient (Wildman–Crippen LogP) is 3.41. The zero-order chi connectivity index (χ0) is 21.8. The number of carbonyl (C=O) groups excluding carboxylic acids is 2. The van der Waals surface area contributed by atoms with Gasteiger partial charge in [0.25, 0.3) is 0 Å². The van der Waals surface area contributed by atoms with Gasteiger partial charge in [0.1, 0.15) is 11.6 Å². The van der Waals surface area contributed by atoms with Gasteiger partial charge in [-0.1, -0.05) is 13.8 Å². The molecule has 5 heteroatoms. The molecular weight excluding hydrogens is 388 g/mol. The Kier molecular flexibility index (Phi) is 5.84. The molecule has 5 nitrogen and oxygen atoms in total. The van der Waals surface area contributed by atoms with Crippen LogP contribution in [0, 0.1) is 34.5 Å². The number of Topliss-reactive ketones (excluding diaryl/α,β-unsaturated/α-hetero) is 2. The van der Waals surface area contributed by atoms with Crippen molar-refractivity contribution in [1.82, 2.24) is 9.80 Å². The minimum Gasteiger partial charge on any atom is -0.377 e. The smallest absolute Gasteiger partial charge is 0.139 e. The second kappa shape index (κ2) is 8.22. The number of fused-ring (bicyclic) bond motifs is 5. The normalized spacial score (nSPS) is 46.5. The van der Waals surface area contributed by atoms with Crippen molar-refractivity contribution >= 4 is 11.6 Å². The average Bonchev–Trinajstić information content (AvgIpc) is 3.05. The van der Waals surface area contributed by atoms with Crippen molar-refractivity contribution in [2.45, 2.75) is 71.3 Å². The second-order valence-electron chi connectivity index (χ2n) is 11.9. The summed E-state index contributed by atoms with van der Waals surface area (Å²) in [5.74, 6) is 2.60. The number of likely N-dealkylation sites (N-methyl/N-ethyl adjacent to an activating group) is 1. The molecule has 174 valence electrons. The van der Waals surface area contributed by atoms with Gasteiger partial charge in [0.2, 0.25) is 0 Å². The van der Waals surface area contributed by atoms with Crippen molar-refractivity contribution in [2.24, 2.45) is 34.5 Å². The van der Waals surface area contributed by atoms with Crippen LogP contribution in [-0.4, -0.2) is 73.8 Å². The Morgan fingerprint density at radius 3 is 2.55 bits per heavy atom. The van der Waals surface area contributed by atoms with Crippen LogP contribution < -0.4 is 0 Å². The van der Waals surface area contributed by atoms with E-state index < -0.39 is 0 Å². The van der Waals surface area contributed by atoms with E-state index in [2.05, 4.69) is 30.7 Å². The van der Waals surface area contributed by atoms with Gasteiger partial charge in [-0.25, -0.2) is 0 Å².